The van der Waals surface area contributed by atoms with Gasteiger partial charge in [0.15, 0.2) is 0 Å². The quantitative estimate of drug-likeness (QED) is 0.811. The van der Waals surface area contributed by atoms with Crippen LogP contribution in [0.1, 0.15) is 15.9 Å². The summed E-state index contributed by atoms with van der Waals surface area (Å²) in [6.07, 6.45) is 1.58. The van der Waals surface area contributed by atoms with Crippen LogP contribution >= 0.6 is 15.9 Å². The van der Waals surface area contributed by atoms with Crippen molar-refractivity contribution in [3.8, 4) is 5.88 Å². The molecule has 0 fully saturated rings. The molecule has 0 N–H and O–H groups in total. The van der Waals surface area contributed by atoms with Gasteiger partial charge in [-0.3, -0.25) is 0 Å². The topological polar surface area (TPSA) is 48.4 Å². The Kier molecular flexibility index (Phi) is 4.52. The Bertz CT molecular complexity index is 572. The largest absolute Gasteiger partial charge is 0.472 e. The van der Waals surface area contributed by atoms with E-state index in [-0.39, 0.29) is 5.88 Å². The lowest BCUT2D eigenvalue weighted by molar-refractivity contribution is 0.0594. The molecule has 1 heterocycles. The molecule has 2 aromatic rings. The van der Waals surface area contributed by atoms with Gasteiger partial charge in [0, 0.05) is 10.7 Å². The van der Waals surface area contributed by atoms with Crippen LogP contribution in [0, 0.1) is 0 Å². The molecule has 1 aromatic heterocycles. The van der Waals surface area contributed by atoms with Crippen LogP contribution in [0.25, 0.3) is 0 Å². The highest BCUT2D eigenvalue weighted by Crippen LogP contribution is 2.21. The number of benzene rings is 1. The third kappa shape index (κ3) is 3.54. The molecule has 0 aliphatic carbocycles. The van der Waals surface area contributed by atoms with Crippen LogP contribution in [0.3, 0.4) is 0 Å². The fourth-order valence-electron chi connectivity index (χ4n) is 1.52. The Morgan fingerprint density at radius 3 is 2.74 bits per heavy atom. The molecule has 0 aliphatic heterocycles. The maximum Gasteiger partial charge on any atom is 0.343 e. The summed E-state index contributed by atoms with van der Waals surface area (Å²) in [7, 11) is 1.32. The number of hydrogen-bond donors (Lipinski definition) is 0. The third-order valence-corrected chi connectivity index (χ3v) is 2.88. The van der Waals surface area contributed by atoms with E-state index in [1.807, 2.05) is 30.3 Å². The lowest BCUT2D eigenvalue weighted by Gasteiger charge is -2.09. The number of rotatable bonds is 4. The Balaban J connectivity index is 2.18. The van der Waals surface area contributed by atoms with E-state index in [0.29, 0.717) is 16.6 Å². The van der Waals surface area contributed by atoms with Gasteiger partial charge >= 0.3 is 5.97 Å². The molecular formula is C14H12BrNO3. The van der Waals surface area contributed by atoms with Crippen molar-refractivity contribution in [3.05, 3.63) is 58.2 Å². The summed E-state index contributed by atoms with van der Waals surface area (Å²) in [5, 5.41) is 0. The molecule has 19 heavy (non-hydrogen) atoms. The monoisotopic (exact) mass is 321 g/mol. The minimum absolute atomic E-state index is 0.263. The minimum Gasteiger partial charge on any atom is -0.472 e. The molecule has 0 atom stereocenters. The second kappa shape index (κ2) is 6.33. The third-order valence-electron chi connectivity index (χ3n) is 2.44. The molecule has 1 aromatic carbocycles. The van der Waals surface area contributed by atoms with Crippen LogP contribution < -0.4 is 4.74 Å². The van der Waals surface area contributed by atoms with Gasteiger partial charge in [-0.1, -0.05) is 30.3 Å². The van der Waals surface area contributed by atoms with E-state index in [1.165, 1.54) is 7.11 Å². The van der Waals surface area contributed by atoms with Gasteiger partial charge < -0.3 is 9.47 Å². The van der Waals surface area contributed by atoms with E-state index in [9.17, 15) is 4.79 Å². The first-order valence-electron chi connectivity index (χ1n) is 5.61. The summed E-state index contributed by atoms with van der Waals surface area (Å²) in [5.41, 5.74) is 1.30. The van der Waals surface area contributed by atoms with Gasteiger partial charge in [0.2, 0.25) is 5.88 Å². The van der Waals surface area contributed by atoms with Crippen molar-refractivity contribution in [2.45, 2.75) is 6.61 Å². The molecule has 4 nitrogen and oxygen atoms in total. The number of pyridine rings is 1. The highest BCUT2D eigenvalue weighted by molar-refractivity contribution is 9.10. The zero-order chi connectivity index (χ0) is 13.7. The zero-order valence-electron chi connectivity index (χ0n) is 10.3. The van der Waals surface area contributed by atoms with Gasteiger partial charge in [-0.15, -0.1) is 0 Å². The minimum atomic E-state index is -0.475. The first-order valence-corrected chi connectivity index (χ1v) is 6.40. The highest BCUT2D eigenvalue weighted by Gasteiger charge is 2.15. The Labute approximate surface area is 119 Å². The van der Waals surface area contributed by atoms with Crippen molar-refractivity contribution in [1.82, 2.24) is 4.98 Å². The number of methoxy groups -OCH3 is 1. The van der Waals surface area contributed by atoms with Gasteiger partial charge in [0.25, 0.3) is 0 Å². The first kappa shape index (κ1) is 13.5. The van der Waals surface area contributed by atoms with Gasteiger partial charge in [0.05, 0.1) is 7.11 Å². The summed E-state index contributed by atoms with van der Waals surface area (Å²) in [5.74, 6) is -0.212. The van der Waals surface area contributed by atoms with Crippen LogP contribution in [0.5, 0.6) is 5.88 Å². The fourth-order valence-corrected chi connectivity index (χ4v) is 1.86. The van der Waals surface area contributed by atoms with E-state index >= 15 is 0 Å². The predicted molar refractivity (Wildman–Crippen MR) is 74.1 cm³/mol. The van der Waals surface area contributed by atoms with Crippen LogP contribution in [-0.4, -0.2) is 18.1 Å². The van der Waals surface area contributed by atoms with E-state index in [2.05, 4.69) is 20.9 Å². The molecule has 98 valence electrons. The van der Waals surface area contributed by atoms with E-state index < -0.39 is 5.97 Å². The van der Waals surface area contributed by atoms with Crippen molar-refractivity contribution in [3.63, 3.8) is 0 Å². The summed E-state index contributed by atoms with van der Waals surface area (Å²) >= 11 is 3.26. The summed E-state index contributed by atoms with van der Waals surface area (Å²) in [6, 6.07) is 11.3. The van der Waals surface area contributed by atoms with Crippen LogP contribution in [0.15, 0.2) is 47.1 Å². The van der Waals surface area contributed by atoms with E-state index in [4.69, 9.17) is 9.47 Å². The second-order valence-electron chi connectivity index (χ2n) is 3.77. The number of ether oxygens (including phenoxy) is 2. The number of nitrogens with zero attached hydrogens (tertiary/aromatic N) is 1. The molecular weight excluding hydrogens is 310 g/mol. The molecule has 0 saturated heterocycles. The molecule has 2 rings (SSSR count). The lowest BCUT2D eigenvalue weighted by atomic mass is 10.2. The van der Waals surface area contributed by atoms with Crippen molar-refractivity contribution in [2.24, 2.45) is 0 Å². The maximum absolute atomic E-state index is 11.6. The van der Waals surface area contributed by atoms with E-state index in [1.54, 1.807) is 12.3 Å². The molecule has 0 saturated carbocycles. The van der Waals surface area contributed by atoms with Gasteiger partial charge in [-0.05, 0) is 27.6 Å². The van der Waals surface area contributed by atoms with Crippen LogP contribution in [0.2, 0.25) is 0 Å². The zero-order valence-corrected chi connectivity index (χ0v) is 11.9. The highest BCUT2D eigenvalue weighted by atomic mass is 79.9. The Morgan fingerprint density at radius 2 is 2.05 bits per heavy atom. The molecule has 0 radical (unpaired) electrons. The smallest absolute Gasteiger partial charge is 0.343 e. The van der Waals surface area contributed by atoms with E-state index in [0.717, 1.165) is 5.56 Å². The molecule has 0 aliphatic rings. The standard InChI is InChI=1S/C14H12BrNO3/c1-18-14(17)12-7-11(15)8-16-13(12)19-9-10-5-3-2-4-6-10/h2-8H,9H2,1H3. The molecule has 0 unspecified atom stereocenters. The average molecular weight is 322 g/mol. The maximum atomic E-state index is 11.6. The van der Waals surface area contributed by atoms with Gasteiger partial charge in [0.1, 0.15) is 12.2 Å². The van der Waals surface area contributed by atoms with Crippen molar-refractivity contribution in [2.75, 3.05) is 7.11 Å². The number of aromatic nitrogens is 1. The second-order valence-corrected chi connectivity index (χ2v) is 4.69. The number of hydrogen-bond acceptors (Lipinski definition) is 4. The summed E-state index contributed by atoms with van der Waals surface area (Å²) in [6.45, 7) is 0.347. The van der Waals surface area contributed by atoms with Gasteiger partial charge in [-0.2, -0.15) is 0 Å². The predicted octanol–water partition coefficient (Wildman–Crippen LogP) is 3.21. The van der Waals surface area contributed by atoms with Gasteiger partial charge in [-0.25, -0.2) is 9.78 Å². The van der Waals surface area contributed by atoms with Crippen molar-refractivity contribution < 1.29 is 14.3 Å². The average Bonchev–Trinajstić information content (AvgIpc) is 2.46. The Hall–Kier alpha value is -1.88. The number of carbonyl (C=O) groups is 1. The Morgan fingerprint density at radius 1 is 1.32 bits per heavy atom. The van der Waals surface area contributed by atoms with Crippen LogP contribution in [0.4, 0.5) is 0 Å². The van der Waals surface area contributed by atoms with Crippen molar-refractivity contribution in [1.29, 1.82) is 0 Å². The summed E-state index contributed by atoms with van der Waals surface area (Å²) < 4.78 is 11.0. The lowest BCUT2D eigenvalue weighted by Crippen LogP contribution is -2.07. The molecule has 0 bridgehead atoms. The van der Waals surface area contributed by atoms with Crippen LogP contribution in [-0.2, 0) is 11.3 Å². The normalized spacial score (nSPS) is 10.0. The summed E-state index contributed by atoms with van der Waals surface area (Å²) in [4.78, 5) is 15.7. The first-order chi connectivity index (χ1) is 9.20. The molecule has 5 heteroatoms. The number of halogens is 1. The number of esters is 1. The molecule has 0 amide bonds. The number of carbonyl (C=O) groups excluding carboxylic acids is 1. The molecule has 0 spiro atoms. The SMILES string of the molecule is COC(=O)c1cc(Br)cnc1OCc1ccccc1. The fraction of sp³-hybridized carbons (Fsp3) is 0.143. The van der Waals surface area contributed by atoms with Crippen molar-refractivity contribution >= 4 is 21.9 Å².